The Balaban J connectivity index is 1.37. The molecule has 0 amide bonds. The van der Waals surface area contributed by atoms with Gasteiger partial charge in [-0.3, -0.25) is 4.98 Å². The van der Waals surface area contributed by atoms with E-state index in [0.29, 0.717) is 0 Å². The van der Waals surface area contributed by atoms with Gasteiger partial charge in [0.2, 0.25) is 0 Å². The van der Waals surface area contributed by atoms with Gasteiger partial charge in [0.15, 0.2) is 0 Å². The second kappa shape index (κ2) is 6.06. The summed E-state index contributed by atoms with van der Waals surface area (Å²) in [5.41, 5.74) is 3.75. The van der Waals surface area contributed by atoms with E-state index in [4.69, 9.17) is 0 Å². The number of nitrogens with zero attached hydrogens (tertiary/aromatic N) is 2. The molecule has 1 aliphatic carbocycles. The van der Waals surface area contributed by atoms with Crippen molar-refractivity contribution in [3.05, 3.63) is 65.5 Å². The van der Waals surface area contributed by atoms with E-state index < -0.39 is 0 Å². The monoisotopic (exact) mass is 308 g/mol. The maximum Gasteiger partial charge on any atom is 0.0853 e. The van der Waals surface area contributed by atoms with Gasteiger partial charge in [0, 0.05) is 30.3 Å². The summed E-state index contributed by atoms with van der Waals surface area (Å²) in [6.45, 7) is 3.23. The van der Waals surface area contributed by atoms with Gasteiger partial charge in [0.05, 0.1) is 6.10 Å². The highest BCUT2D eigenvalue weighted by Crippen LogP contribution is 2.51. The van der Waals surface area contributed by atoms with Crippen molar-refractivity contribution in [1.29, 1.82) is 0 Å². The number of fused-ring (bicyclic) bond motifs is 1. The van der Waals surface area contributed by atoms with E-state index >= 15 is 0 Å². The average molecular weight is 308 g/mol. The first-order chi connectivity index (χ1) is 11.3. The molecule has 1 unspecified atom stereocenters. The number of aliphatic hydroxyl groups is 1. The van der Waals surface area contributed by atoms with Gasteiger partial charge in [-0.2, -0.15) is 0 Å². The van der Waals surface area contributed by atoms with Crippen LogP contribution in [0, 0.1) is 5.41 Å². The fourth-order valence-corrected chi connectivity index (χ4v) is 4.26. The Kier molecular flexibility index (Phi) is 3.92. The molecule has 23 heavy (non-hydrogen) atoms. The predicted octanol–water partition coefficient (Wildman–Crippen LogP) is 3.00. The van der Waals surface area contributed by atoms with Crippen LogP contribution in [-0.4, -0.2) is 34.6 Å². The zero-order chi connectivity index (χ0) is 15.7. The largest absolute Gasteiger partial charge is 0.388 e. The predicted molar refractivity (Wildman–Crippen MR) is 91.2 cm³/mol. The first kappa shape index (κ1) is 14.9. The Labute approximate surface area is 138 Å². The molecular formula is C20H24N2O. The van der Waals surface area contributed by atoms with E-state index in [9.17, 15) is 5.11 Å². The lowest BCUT2D eigenvalue weighted by Crippen LogP contribution is -2.43. The normalized spacial score (nSPS) is 23.1. The molecule has 1 atom stereocenters. The zero-order valence-corrected chi connectivity index (χ0v) is 13.5. The van der Waals surface area contributed by atoms with E-state index in [2.05, 4.69) is 40.2 Å². The van der Waals surface area contributed by atoms with Gasteiger partial charge in [0.25, 0.3) is 0 Å². The van der Waals surface area contributed by atoms with Crippen LogP contribution in [0.3, 0.4) is 0 Å². The molecule has 1 aliphatic heterocycles. The summed E-state index contributed by atoms with van der Waals surface area (Å²) < 4.78 is 0. The topological polar surface area (TPSA) is 36.4 Å². The Morgan fingerprint density at radius 1 is 1.09 bits per heavy atom. The van der Waals surface area contributed by atoms with Crippen LogP contribution in [0.4, 0.5) is 0 Å². The minimum Gasteiger partial charge on any atom is -0.388 e. The van der Waals surface area contributed by atoms with Crippen LogP contribution >= 0.6 is 0 Å². The molecule has 3 heteroatoms. The molecule has 2 heterocycles. The molecular weight excluding hydrogens is 284 g/mol. The lowest BCUT2D eigenvalue weighted by Gasteiger charge is -2.41. The van der Waals surface area contributed by atoms with Crippen molar-refractivity contribution in [2.75, 3.05) is 19.6 Å². The van der Waals surface area contributed by atoms with E-state index in [-0.39, 0.29) is 11.5 Å². The van der Waals surface area contributed by atoms with Crippen LogP contribution in [0.25, 0.3) is 0 Å². The third kappa shape index (κ3) is 2.79. The van der Waals surface area contributed by atoms with Crippen LogP contribution in [0.5, 0.6) is 0 Å². The van der Waals surface area contributed by atoms with Crippen LogP contribution in [-0.2, 0) is 12.8 Å². The summed E-state index contributed by atoms with van der Waals surface area (Å²) in [6, 6.07) is 14.5. The van der Waals surface area contributed by atoms with Crippen LogP contribution in [0.1, 0.15) is 35.8 Å². The second-order valence-electron chi connectivity index (χ2n) is 7.05. The smallest absolute Gasteiger partial charge is 0.0853 e. The van der Waals surface area contributed by atoms with Gasteiger partial charge < -0.3 is 10.0 Å². The molecule has 4 rings (SSSR count). The summed E-state index contributed by atoms with van der Waals surface area (Å²) in [4.78, 5) is 6.93. The van der Waals surface area contributed by atoms with E-state index in [0.717, 1.165) is 50.9 Å². The number of hydrogen-bond acceptors (Lipinski definition) is 3. The number of benzene rings is 1. The van der Waals surface area contributed by atoms with Crippen molar-refractivity contribution >= 4 is 0 Å². The minimum atomic E-state index is -0.281. The summed E-state index contributed by atoms with van der Waals surface area (Å²) in [5.74, 6) is 0. The molecule has 1 N–H and O–H groups in total. The van der Waals surface area contributed by atoms with Crippen molar-refractivity contribution in [2.45, 2.75) is 31.8 Å². The first-order valence-corrected chi connectivity index (χ1v) is 8.65. The van der Waals surface area contributed by atoms with Crippen molar-refractivity contribution in [3.63, 3.8) is 0 Å². The number of aromatic nitrogens is 1. The molecule has 1 aromatic heterocycles. The second-order valence-corrected chi connectivity index (χ2v) is 7.05. The highest BCUT2D eigenvalue weighted by molar-refractivity contribution is 5.37. The SMILES string of the molecule is OC1c2ccccc2CC12CCN(CCc1ccccn1)CC2. The van der Waals surface area contributed by atoms with Gasteiger partial charge >= 0.3 is 0 Å². The summed E-state index contributed by atoms with van der Waals surface area (Å²) >= 11 is 0. The molecule has 0 saturated carbocycles. The number of aliphatic hydroxyl groups excluding tert-OH is 1. The van der Waals surface area contributed by atoms with E-state index in [1.807, 2.05) is 18.3 Å². The summed E-state index contributed by atoms with van der Waals surface area (Å²) in [5, 5.41) is 10.8. The van der Waals surface area contributed by atoms with Crippen molar-refractivity contribution in [3.8, 4) is 0 Å². The highest BCUT2D eigenvalue weighted by atomic mass is 16.3. The fraction of sp³-hybridized carbons (Fsp3) is 0.450. The number of pyridine rings is 1. The Morgan fingerprint density at radius 3 is 2.61 bits per heavy atom. The van der Waals surface area contributed by atoms with Gasteiger partial charge in [-0.25, -0.2) is 0 Å². The van der Waals surface area contributed by atoms with Crippen LogP contribution in [0.2, 0.25) is 0 Å². The summed E-state index contributed by atoms with van der Waals surface area (Å²) in [7, 11) is 0. The van der Waals surface area contributed by atoms with Gasteiger partial charge in [-0.05, 0) is 55.6 Å². The zero-order valence-electron chi connectivity index (χ0n) is 13.5. The molecule has 2 aliphatic rings. The third-order valence-electron chi connectivity index (χ3n) is 5.73. The van der Waals surface area contributed by atoms with Gasteiger partial charge in [-0.1, -0.05) is 30.3 Å². The Hall–Kier alpha value is -1.71. The Morgan fingerprint density at radius 2 is 1.87 bits per heavy atom. The minimum absolute atomic E-state index is 0.0746. The molecule has 120 valence electrons. The van der Waals surface area contributed by atoms with Gasteiger partial charge in [0.1, 0.15) is 0 Å². The molecule has 1 spiro atoms. The van der Waals surface area contributed by atoms with Crippen molar-refractivity contribution in [1.82, 2.24) is 9.88 Å². The molecule has 1 saturated heterocycles. The maximum atomic E-state index is 10.8. The lowest BCUT2D eigenvalue weighted by atomic mass is 9.74. The van der Waals surface area contributed by atoms with Crippen LogP contribution in [0.15, 0.2) is 48.7 Å². The molecule has 0 radical (unpaired) electrons. The number of likely N-dealkylation sites (tertiary alicyclic amines) is 1. The average Bonchev–Trinajstić information content (AvgIpc) is 2.88. The molecule has 1 aromatic carbocycles. The standard InChI is InChI=1S/C20H24N2O/c23-19-18-7-2-1-5-16(18)15-20(19)9-13-22(14-10-20)12-8-17-6-3-4-11-21-17/h1-7,11,19,23H,8-10,12-15H2. The summed E-state index contributed by atoms with van der Waals surface area (Å²) in [6.07, 6.45) is 5.81. The fourth-order valence-electron chi connectivity index (χ4n) is 4.26. The number of hydrogen-bond donors (Lipinski definition) is 1. The quantitative estimate of drug-likeness (QED) is 0.947. The molecule has 1 fully saturated rings. The van der Waals surface area contributed by atoms with E-state index in [1.165, 1.54) is 11.3 Å². The maximum absolute atomic E-state index is 10.8. The highest BCUT2D eigenvalue weighted by Gasteiger charge is 2.46. The first-order valence-electron chi connectivity index (χ1n) is 8.65. The lowest BCUT2D eigenvalue weighted by molar-refractivity contribution is -0.0121. The number of piperidine rings is 1. The van der Waals surface area contributed by atoms with Gasteiger partial charge in [-0.15, -0.1) is 0 Å². The Bertz CT molecular complexity index is 662. The third-order valence-corrected chi connectivity index (χ3v) is 5.73. The van der Waals surface area contributed by atoms with E-state index in [1.54, 1.807) is 0 Å². The van der Waals surface area contributed by atoms with Crippen LogP contribution < -0.4 is 0 Å². The molecule has 2 aromatic rings. The molecule has 3 nitrogen and oxygen atoms in total. The molecule has 0 bridgehead atoms. The van der Waals surface area contributed by atoms with Crippen molar-refractivity contribution in [2.24, 2.45) is 5.41 Å². The number of rotatable bonds is 3. The van der Waals surface area contributed by atoms with Crippen molar-refractivity contribution < 1.29 is 5.11 Å².